The number of aromatic carboxylic acids is 1. The normalized spacial score (nSPS) is 11.3. The van der Waals surface area contributed by atoms with Crippen LogP contribution in [0, 0.1) is 6.92 Å². The van der Waals surface area contributed by atoms with E-state index in [1.807, 2.05) is 26.0 Å². The molecule has 6 nitrogen and oxygen atoms in total. The number of aryl methyl sites for hydroxylation is 1. The van der Waals surface area contributed by atoms with E-state index in [1.165, 1.54) is 0 Å². The minimum absolute atomic E-state index is 0.0954. The first-order chi connectivity index (χ1) is 10.5. The van der Waals surface area contributed by atoms with Crippen molar-refractivity contribution < 1.29 is 9.90 Å². The summed E-state index contributed by atoms with van der Waals surface area (Å²) in [4.78, 5) is 20.3. The van der Waals surface area contributed by atoms with Crippen LogP contribution in [0.2, 0.25) is 0 Å². The van der Waals surface area contributed by atoms with Gasteiger partial charge in [0, 0.05) is 24.0 Å². The van der Waals surface area contributed by atoms with Gasteiger partial charge in [0.15, 0.2) is 5.65 Å². The average Bonchev–Trinajstić information content (AvgIpc) is 2.84. The van der Waals surface area contributed by atoms with Crippen molar-refractivity contribution in [2.45, 2.75) is 26.8 Å². The minimum Gasteiger partial charge on any atom is -0.478 e. The molecule has 6 heteroatoms. The predicted molar refractivity (Wildman–Crippen MR) is 82.8 cm³/mol. The van der Waals surface area contributed by atoms with Crippen LogP contribution in [0.3, 0.4) is 0 Å². The largest absolute Gasteiger partial charge is 0.478 e. The van der Waals surface area contributed by atoms with Crippen LogP contribution in [-0.2, 0) is 0 Å². The third-order valence-electron chi connectivity index (χ3n) is 3.53. The summed E-state index contributed by atoms with van der Waals surface area (Å²) >= 11 is 0. The van der Waals surface area contributed by atoms with E-state index in [0.29, 0.717) is 22.4 Å². The molecule has 0 fully saturated rings. The smallest absolute Gasteiger partial charge is 0.336 e. The van der Waals surface area contributed by atoms with Crippen molar-refractivity contribution in [3.05, 3.63) is 41.9 Å². The Bertz CT molecular complexity index is 853. The second kappa shape index (κ2) is 5.22. The van der Waals surface area contributed by atoms with E-state index in [9.17, 15) is 9.90 Å². The summed E-state index contributed by atoms with van der Waals surface area (Å²) in [6, 6.07) is 5.31. The fourth-order valence-corrected chi connectivity index (χ4v) is 2.51. The molecule has 3 aromatic rings. The lowest BCUT2D eigenvalue weighted by molar-refractivity contribution is 0.0699. The van der Waals surface area contributed by atoms with Gasteiger partial charge in [-0.3, -0.25) is 4.98 Å². The van der Waals surface area contributed by atoms with Crippen LogP contribution >= 0.6 is 0 Å². The fraction of sp³-hybridized carbons (Fsp3) is 0.250. The molecular weight excluding hydrogens is 280 g/mol. The van der Waals surface area contributed by atoms with Gasteiger partial charge in [-0.15, -0.1) is 0 Å². The monoisotopic (exact) mass is 296 g/mol. The molecule has 0 amide bonds. The van der Waals surface area contributed by atoms with Crippen LogP contribution in [0.4, 0.5) is 0 Å². The number of rotatable bonds is 3. The van der Waals surface area contributed by atoms with Crippen LogP contribution in [0.15, 0.2) is 30.6 Å². The first-order valence-corrected chi connectivity index (χ1v) is 7.02. The highest BCUT2D eigenvalue weighted by atomic mass is 16.4. The number of hydrogen-bond donors (Lipinski definition) is 1. The molecule has 0 aliphatic rings. The first-order valence-electron chi connectivity index (χ1n) is 7.02. The highest BCUT2D eigenvalue weighted by Crippen LogP contribution is 2.28. The van der Waals surface area contributed by atoms with E-state index in [-0.39, 0.29) is 11.6 Å². The average molecular weight is 296 g/mol. The third-order valence-corrected chi connectivity index (χ3v) is 3.53. The van der Waals surface area contributed by atoms with Crippen molar-refractivity contribution in [1.29, 1.82) is 0 Å². The number of aromatic nitrogens is 4. The molecule has 0 saturated heterocycles. The molecule has 0 atom stereocenters. The highest BCUT2D eigenvalue weighted by molar-refractivity contribution is 6.04. The molecule has 1 N–H and O–H groups in total. The molecule has 112 valence electrons. The van der Waals surface area contributed by atoms with E-state index in [2.05, 4.69) is 15.1 Å². The number of pyridine rings is 2. The van der Waals surface area contributed by atoms with Gasteiger partial charge < -0.3 is 5.11 Å². The minimum atomic E-state index is -0.978. The summed E-state index contributed by atoms with van der Waals surface area (Å²) in [7, 11) is 0. The molecule has 0 aromatic carbocycles. The second-order valence-corrected chi connectivity index (χ2v) is 5.42. The van der Waals surface area contributed by atoms with Crippen LogP contribution < -0.4 is 0 Å². The lowest BCUT2D eigenvalue weighted by atomic mass is 10.1. The fourth-order valence-electron chi connectivity index (χ4n) is 2.51. The summed E-state index contributed by atoms with van der Waals surface area (Å²) in [6.45, 7) is 5.79. The van der Waals surface area contributed by atoms with E-state index in [4.69, 9.17) is 0 Å². The zero-order valence-corrected chi connectivity index (χ0v) is 12.6. The SMILES string of the molecule is Cc1nn(C(C)C)c2nc(-c3ccncc3)cc(C(=O)O)c12. The van der Waals surface area contributed by atoms with E-state index in [1.54, 1.807) is 30.1 Å². The summed E-state index contributed by atoms with van der Waals surface area (Å²) < 4.78 is 1.77. The zero-order chi connectivity index (χ0) is 15.9. The molecule has 0 radical (unpaired) electrons. The number of nitrogens with zero attached hydrogens (tertiary/aromatic N) is 4. The topological polar surface area (TPSA) is 80.9 Å². The maximum atomic E-state index is 11.7. The van der Waals surface area contributed by atoms with Gasteiger partial charge in [-0.05, 0) is 39.0 Å². The Morgan fingerprint density at radius 3 is 2.55 bits per heavy atom. The van der Waals surface area contributed by atoms with Gasteiger partial charge in [-0.25, -0.2) is 14.5 Å². The van der Waals surface area contributed by atoms with Gasteiger partial charge in [-0.2, -0.15) is 5.10 Å². The molecule has 0 unspecified atom stereocenters. The Kier molecular flexibility index (Phi) is 3.36. The van der Waals surface area contributed by atoms with E-state index in [0.717, 1.165) is 5.56 Å². The molecule has 22 heavy (non-hydrogen) atoms. The number of fused-ring (bicyclic) bond motifs is 1. The van der Waals surface area contributed by atoms with Gasteiger partial charge in [0.1, 0.15) is 0 Å². The van der Waals surface area contributed by atoms with Crippen molar-refractivity contribution in [2.24, 2.45) is 0 Å². The molecule has 0 saturated carbocycles. The Morgan fingerprint density at radius 2 is 1.95 bits per heavy atom. The maximum absolute atomic E-state index is 11.7. The molecular formula is C16H16N4O2. The van der Waals surface area contributed by atoms with E-state index < -0.39 is 5.97 Å². The molecule has 0 bridgehead atoms. The van der Waals surface area contributed by atoms with Gasteiger partial charge in [0.05, 0.1) is 22.3 Å². The molecule has 0 aliphatic heterocycles. The van der Waals surface area contributed by atoms with E-state index >= 15 is 0 Å². The molecule has 0 aliphatic carbocycles. The zero-order valence-electron chi connectivity index (χ0n) is 12.6. The molecule has 3 heterocycles. The van der Waals surface area contributed by atoms with Crippen molar-refractivity contribution >= 4 is 17.0 Å². The Morgan fingerprint density at radius 1 is 1.27 bits per heavy atom. The summed E-state index contributed by atoms with van der Waals surface area (Å²) in [6.07, 6.45) is 3.32. The first kappa shape index (κ1) is 14.2. The van der Waals surface area contributed by atoms with Crippen molar-refractivity contribution in [1.82, 2.24) is 19.7 Å². The Balaban J connectivity index is 2.38. The van der Waals surface area contributed by atoms with Gasteiger partial charge in [-0.1, -0.05) is 0 Å². The van der Waals surface area contributed by atoms with Gasteiger partial charge in [0.25, 0.3) is 0 Å². The number of hydrogen-bond acceptors (Lipinski definition) is 4. The molecule has 0 spiro atoms. The summed E-state index contributed by atoms with van der Waals surface area (Å²) in [5, 5.41) is 14.6. The lowest BCUT2D eigenvalue weighted by Crippen LogP contribution is -2.05. The standard InChI is InChI=1S/C16H16N4O2/c1-9(2)20-15-14(10(3)19-20)12(16(21)22)8-13(18-15)11-4-6-17-7-5-11/h4-9H,1-3H3,(H,21,22). The van der Waals surface area contributed by atoms with Crippen molar-refractivity contribution in [3.8, 4) is 11.3 Å². The molecule has 3 aromatic heterocycles. The predicted octanol–water partition coefficient (Wildman–Crippen LogP) is 3.08. The summed E-state index contributed by atoms with van der Waals surface area (Å²) in [5.41, 5.74) is 2.93. The van der Waals surface area contributed by atoms with Crippen LogP contribution in [-0.4, -0.2) is 30.8 Å². The maximum Gasteiger partial charge on any atom is 0.336 e. The van der Waals surface area contributed by atoms with Crippen LogP contribution in [0.5, 0.6) is 0 Å². The lowest BCUT2D eigenvalue weighted by Gasteiger charge is -2.09. The highest BCUT2D eigenvalue weighted by Gasteiger charge is 2.20. The van der Waals surface area contributed by atoms with Crippen molar-refractivity contribution in [3.63, 3.8) is 0 Å². The third kappa shape index (κ3) is 2.22. The van der Waals surface area contributed by atoms with Crippen molar-refractivity contribution in [2.75, 3.05) is 0 Å². The Hall–Kier alpha value is -2.76. The molecule has 3 rings (SSSR count). The van der Waals surface area contributed by atoms with Crippen LogP contribution in [0.1, 0.15) is 35.9 Å². The van der Waals surface area contributed by atoms with Crippen LogP contribution in [0.25, 0.3) is 22.3 Å². The number of carbonyl (C=O) groups is 1. The van der Waals surface area contributed by atoms with Gasteiger partial charge in [0.2, 0.25) is 0 Å². The second-order valence-electron chi connectivity index (χ2n) is 5.42. The quantitative estimate of drug-likeness (QED) is 0.803. The number of carboxylic acids is 1. The van der Waals surface area contributed by atoms with Gasteiger partial charge >= 0.3 is 5.97 Å². The Labute approximate surface area is 127 Å². The number of carboxylic acid groups (broad SMARTS) is 1. The summed E-state index contributed by atoms with van der Waals surface area (Å²) in [5.74, 6) is -0.978.